The Balaban J connectivity index is 1.60. The number of ether oxygens (including phenoxy) is 1. The van der Waals surface area contributed by atoms with Crippen LogP contribution in [0.4, 0.5) is 0 Å². The Labute approximate surface area is 195 Å². The number of rotatable bonds is 11. The zero-order valence-electron chi connectivity index (χ0n) is 18.6. The molecule has 3 N–H and O–H groups in total. The number of benzene rings is 1. The number of nitrogens with one attached hydrogen (secondary N) is 2. The standard InChI is InChI=1S/C22H30N4O6S/c1-31-17-10-12-18(13-11-17)33(30)26-21(28)20-23-22(32-25-20)16(14-19(27)24-29)9-5-8-15-6-3-2-4-7-15/h10-13,15-16,29H,2-9,14H2,1H3,(H,24,27)(H,26,28). The van der Waals surface area contributed by atoms with Crippen LogP contribution in [0.25, 0.3) is 0 Å². The van der Waals surface area contributed by atoms with Crippen molar-refractivity contribution in [1.82, 2.24) is 20.3 Å². The van der Waals surface area contributed by atoms with E-state index in [1.807, 2.05) is 0 Å². The molecule has 1 saturated carbocycles. The number of nitrogens with zero attached hydrogens (tertiary/aromatic N) is 2. The van der Waals surface area contributed by atoms with Gasteiger partial charge in [-0.2, -0.15) is 4.98 Å². The highest BCUT2D eigenvalue weighted by Gasteiger charge is 2.25. The molecule has 2 atom stereocenters. The van der Waals surface area contributed by atoms with Crippen molar-refractivity contribution < 1.29 is 28.3 Å². The van der Waals surface area contributed by atoms with Crippen LogP contribution in [-0.4, -0.2) is 38.5 Å². The minimum Gasteiger partial charge on any atom is -0.497 e. The molecule has 180 valence electrons. The molecule has 0 aliphatic heterocycles. The predicted octanol–water partition coefficient (Wildman–Crippen LogP) is 3.26. The molecule has 33 heavy (non-hydrogen) atoms. The van der Waals surface area contributed by atoms with E-state index in [1.54, 1.807) is 29.7 Å². The Morgan fingerprint density at radius 3 is 2.64 bits per heavy atom. The fourth-order valence-corrected chi connectivity index (χ4v) is 4.85. The number of carbonyl (C=O) groups is 2. The molecule has 1 aromatic heterocycles. The molecular weight excluding hydrogens is 448 g/mol. The monoisotopic (exact) mass is 478 g/mol. The fourth-order valence-electron chi connectivity index (χ4n) is 4.09. The quantitative estimate of drug-likeness (QED) is 0.330. The molecule has 10 nitrogen and oxygen atoms in total. The van der Waals surface area contributed by atoms with Crippen LogP contribution >= 0.6 is 0 Å². The molecule has 2 aromatic rings. The number of aromatic nitrogens is 2. The van der Waals surface area contributed by atoms with Crippen LogP contribution < -0.4 is 14.9 Å². The van der Waals surface area contributed by atoms with Gasteiger partial charge >= 0.3 is 5.91 Å². The van der Waals surface area contributed by atoms with Crippen molar-refractivity contribution in [3.8, 4) is 5.75 Å². The van der Waals surface area contributed by atoms with Crippen LogP contribution in [0.3, 0.4) is 0 Å². The highest BCUT2D eigenvalue weighted by Crippen LogP contribution is 2.31. The van der Waals surface area contributed by atoms with Crippen molar-refractivity contribution in [1.29, 1.82) is 0 Å². The van der Waals surface area contributed by atoms with E-state index in [-0.39, 0.29) is 18.1 Å². The highest BCUT2D eigenvalue weighted by atomic mass is 32.2. The third-order valence-electron chi connectivity index (χ3n) is 5.90. The maximum atomic E-state index is 12.5. The summed E-state index contributed by atoms with van der Waals surface area (Å²) in [5, 5.41) is 12.6. The lowest BCUT2D eigenvalue weighted by Crippen LogP contribution is -2.27. The summed E-state index contributed by atoms with van der Waals surface area (Å²) >= 11 is 0. The van der Waals surface area contributed by atoms with Crippen LogP contribution in [0.15, 0.2) is 33.7 Å². The molecule has 1 fully saturated rings. The van der Waals surface area contributed by atoms with Gasteiger partial charge in [0.15, 0.2) is 11.0 Å². The van der Waals surface area contributed by atoms with E-state index < -0.39 is 28.7 Å². The topological polar surface area (TPSA) is 144 Å². The number of hydrogen-bond acceptors (Lipinski definition) is 8. The van der Waals surface area contributed by atoms with Gasteiger partial charge in [0.2, 0.25) is 11.8 Å². The second-order valence-electron chi connectivity index (χ2n) is 8.20. The normalized spacial score (nSPS) is 16.1. The average Bonchev–Trinajstić information content (AvgIpc) is 3.34. The maximum Gasteiger partial charge on any atom is 0.304 e. The first-order valence-electron chi connectivity index (χ1n) is 11.1. The largest absolute Gasteiger partial charge is 0.497 e. The molecule has 0 spiro atoms. The molecule has 1 aliphatic rings. The van der Waals surface area contributed by atoms with Gasteiger partial charge < -0.3 is 9.26 Å². The zero-order valence-corrected chi connectivity index (χ0v) is 19.4. The van der Waals surface area contributed by atoms with Crippen molar-refractivity contribution >= 4 is 22.8 Å². The maximum absolute atomic E-state index is 12.5. The van der Waals surface area contributed by atoms with E-state index in [4.69, 9.17) is 14.5 Å². The Hall–Kier alpha value is -2.79. The van der Waals surface area contributed by atoms with E-state index in [1.165, 1.54) is 39.2 Å². The summed E-state index contributed by atoms with van der Waals surface area (Å²) in [6.07, 6.45) is 8.80. The van der Waals surface area contributed by atoms with Crippen molar-refractivity contribution in [2.24, 2.45) is 5.92 Å². The summed E-state index contributed by atoms with van der Waals surface area (Å²) in [6, 6.07) is 6.42. The number of hydrogen-bond donors (Lipinski definition) is 3. The van der Waals surface area contributed by atoms with Gasteiger partial charge in [-0.25, -0.2) is 9.69 Å². The first kappa shape index (κ1) is 24.8. The summed E-state index contributed by atoms with van der Waals surface area (Å²) < 4.78 is 25.1. The minimum atomic E-state index is -1.82. The molecule has 2 amide bonds. The zero-order chi connectivity index (χ0) is 23.6. The number of carbonyl (C=O) groups excluding carboxylic acids is 2. The summed E-state index contributed by atoms with van der Waals surface area (Å²) in [7, 11) is -0.295. The minimum absolute atomic E-state index is 0.0395. The molecule has 0 bridgehead atoms. The van der Waals surface area contributed by atoms with Crippen molar-refractivity contribution in [3.63, 3.8) is 0 Å². The van der Waals surface area contributed by atoms with E-state index in [0.29, 0.717) is 23.0 Å². The highest BCUT2D eigenvalue weighted by molar-refractivity contribution is 7.83. The second kappa shape index (κ2) is 12.4. The third-order valence-corrected chi connectivity index (χ3v) is 6.97. The fraction of sp³-hybridized carbons (Fsp3) is 0.545. The van der Waals surface area contributed by atoms with Gasteiger partial charge in [-0.05, 0) is 36.6 Å². The molecule has 1 aromatic carbocycles. The lowest BCUT2D eigenvalue weighted by Gasteiger charge is -2.22. The van der Waals surface area contributed by atoms with Crippen LogP contribution in [0.1, 0.15) is 80.2 Å². The summed E-state index contributed by atoms with van der Waals surface area (Å²) in [6.45, 7) is 0. The first-order valence-corrected chi connectivity index (χ1v) is 12.3. The van der Waals surface area contributed by atoms with Crippen LogP contribution in [0.5, 0.6) is 5.75 Å². The molecule has 2 unspecified atom stereocenters. The van der Waals surface area contributed by atoms with E-state index in [9.17, 15) is 13.8 Å². The van der Waals surface area contributed by atoms with Gasteiger partial charge in [-0.15, -0.1) is 0 Å². The lowest BCUT2D eigenvalue weighted by molar-refractivity contribution is -0.129. The van der Waals surface area contributed by atoms with Gasteiger partial charge in [0.25, 0.3) is 5.82 Å². The number of methoxy groups -OCH3 is 1. The average molecular weight is 479 g/mol. The molecule has 3 rings (SSSR count). The Kier molecular flexibility index (Phi) is 9.37. The van der Waals surface area contributed by atoms with Gasteiger partial charge in [0.1, 0.15) is 5.75 Å². The Morgan fingerprint density at radius 1 is 1.24 bits per heavy atom. The van der Waals surface area contributed by atoms with Crippen molar-refractivity contribution in [2.75, 3.05) is 7.11 Å². The smallest absolute Gasteiger partial charge is 0.304 e. The van der Waals surface area contributed by atoms with Gasteiger partial charge in [-0.1, -0.05) is 50.1 Å². The van der Waals surface area contributed by atoms with Gasteiger partial charge in [-0.3, -0.25) is 19.5 Å². The number of amides is 2. The second-order valence-corrected chi connectivity index (χ2v) is 9.42. The van der Waals surface area contributed by atoms with E-state index >= 15 is 0 Å². The predicted molar refractivity (Wildman–Crippen MR) is 119 cm³/mol. The summed E-state index contributed by atoms with van der Waals surface area (Å²) in [4.78, 5) is 28.7. The van der Waals surface area contributed by atoms with Gasteiger partial charge in [0.05, 0.1) is 12.0 Å². The molecule has 0 radical (unpaired) electrons. The first-order chi connectivity index (χ1) is 16.0. The van der Waals surface area contributed by atoms with Crippen LogP contribution in [0.2, 0.25) is 0 Å². The lowest BCUT2D eigenvalue weighted by atomic mass is 9.84. The van der Waals surface area contributed by atoms with Crippen LogP contribution in [0, 0.1) is 5.92 Å². The molecular formula is C22H30N4O6S. The third kappa shape index (κ3) is 7.36. The molecule has 1 aliphatic carbocycles. The van der Waals surface area contributed by atoms with Crippen molar-refractivity contribution in [2.45, 2.75) is 68.6 Å². The summed E-state index contributed by atoms with van der Waals surface area (Å²) in [5.74, 6) is -0.582. The van der Waals surface area contributed by atoms with E-state index in [0.717, 1.165) is 12.8 Å². The molecule has 1 heterocycles. The number of hydroxylamine groups is 1. The molecule has 11 heteroatoms. The SMILES string of the molecule is COc1ccc(S(=O)NC(=O)c2noc(C(CCCC3CCCCC3)CC(=O)NO)n2)cc1. The van der Waals surface area contributed by atoms with Crippen molar-refractivity contribution in [3.05, 3.63) is 36.0 Å². The van der Waals surface area contributed by atoms with Crippen LogP contribution in [-0.2, 0) is 15.8 Å². The Morgan fingerprint density at radius 2 is 1.97 bits per heavy atom. The molecule has 0 saturated heterocycles. The van der Waals surface area contributed by atoms with Gasteiger partial charge in [0, 0.05) is 12.3 Å². The summed E-state index contributed by atoms with van der Waals surface area (Å²) in [5.41, 5.74) is 1.63. The van der Waals surface area contributed by atoms with E-state index in [2.05, 4.69) is 14.9 Å². The Bertz CT molecular complexity index is 943.